The van der Waals surface area contributed by atoms with Gasteiger partial charge in [-0.05, 0) is 59.5 Å². The summed E-state index contributed by atoms with van der Waals surface area (Å²) in [6.45, 7) is 2.83. The van der Waals surface area contributed by atoms with Crippen LogP contribution < -0.4 is 11.0 Å². The number of hydrogen-bond donors (Lipinski definition) is 1. The van der Waals surface area contributed by atoms with Crippen molar-refractivity contribution in [2.75, 3.05) is 6.54 Å². The molecule has 9 heteroatoms. The molecule has 1 aliphatic carbocycles. The van der Waals surface area contributed by atoms with E-state index in [4.69, 9.17) is 11.6 Å². The molecule has 1 saturated carbocycles. The SMILES string of the molecule is C[C@@H](NC(=O)c1c2n(c(=O)n1C1CC1)CCN(C(=O)c1ccc(Br)c(Cl)c1)C2)c1ccccc1. The molecule has 1 aromatic heterocycles. The topological polar surface area (TPSA) is 76.3 Å². The third kappa shape index (κ3) is 4.20. The van der Waals surface area contributed by atoms with E-state index in [1.165, 1.54) is 0 Å². The predicted molar refractivity (Wildman–Crippen MR) is 133 cm³/mol. The summed E-state index contributed by atoms with van der Waals surface area (Å²) < 4.78 is 4.00. The number of fused-ring (bicyclic) bond motifs is 1. The monoisotopic (exact) mass is 542 g/mol. The first kappa shape index (κ1) is 22.9. The molecule has 0 saturated heterocycles. The molecule has 3 aromatic rings. The third-order valence-electron chi connectivity index (χ3n) is 6.44. The van der Waals surface area contributed by atoms with E-state index >= 15 is 0 Å². The van der Waals surface area contributed by atoms with Gasteiger partial charge in [0.2, 0.25) is 0 Å². The summed E-state index contributed by atoms with van der Waals surface area (Å²) in [6.07, 6.45) is 1.75. The van der Waals surface area contributed by atoms with E-state index in [1.54, 1.807) is 32.2 Å². The zero-order valence-electron chi connectivity index (χ0n) is 18.6. The molecule has 176 valence electrons. The summed E-state index contributed by atoms with van der Waals surface area (Å²) in [5.74, 6) is -0.480. The summed E-state index contributed by atoms with van der Waals surface area (Å²) in [5, 5.41) is 3.50. The molecule has 2 amide bonds. The van der Waals surface area contributed by atoms with Gasteiger partial charge in [0.05, 0.1) is 23.3 Å². The lowest BCUT2D eigenvalue weighted by atomic mass is 10.1. The van der Waals surface area contributed by atoms with Crippen molar-refractivity contribution >= 4 is 39.3 Å². The molecule has 1 fully saturated rings. The maximum Gasteiger partial charge on any atom is 0.329 e. The van der Waals surface area contributed by atoms with Gasteiger partial charge in [0.25, 0.3) is 11.8 Å². The molecule has 2 aromatic carbocycles. The number of benzene rings is 2. The van der Waals surface area contributed by atoms with Gasteiger partial charge in [-0.2, -0.15) is 0 Å². The molecule has 0 spiro atoms. The van der Waals surface area contributed by atoms with Crippen molar-refractivity contribution in [3.63, 3.8) is 0 Å². The molecule has 2 heterocycles. The zero-order chi connectivity index (χ0) is 24.0. The number of aromatic nitrogens is 2. The number of imidazole rings is 1. The summed E-state index contributed by atoms with van der Waals surface area (Å²) in [5.41, 5.74) is 2.22. The summed E-state index contributed by atoms with van der Waals surface area (Å²) in [7, 11) is 0. The smallest absolute Gasteiger partial charge is 0.329 e. The lowest BCUT2D eigenvalue weighted by Gasteiger charge is -2.28. The molecule has 0 unspecified atom stereocenters. The number of rotatable bonds is 5. The van der Waals surface area contributed by atoms with Crippen molar-refractivity contribution in [1.29, 1.82) is 0 Å². The Hall–Kier alpha value is -2.84. The lowest BCUT2D eigenvalue weighted by Crippen LogP contribution is -2.41. The Morgan fingerprint density at radius 2 is 1.85 bits per heavy atom. The quantitative estimate of drug-likeness (QED) is 0.513. The zero-order valence-corrected chi connectivity index (χ0v) is 21.0. The van der Waals surface area contributed by atoms with Crippen molar-refractivity contribution < 1.29 is 9.59 Å². The molecule has 34 heavy (non-hydrogen) atoms. The third-order valence-corrected chi connectivity index (χ3v) is 7.67. The predicted octanol–water partition coefficient (Wildman–Crippen LogP) is 4.55. The Morgan fingerprint density at radius 3 is 2.53 bits per heavy atom. The van der Waals surface area contributed by atoms with Crippen LogP contribution in [0.2, 0.25) is 5.02 Å². The highest BCUT2D eigenvalue weighted by atomic mass is 79.9. The Bertz CT molecular complexity index is 1330. The fraction of sp³-hybridized carbons (Fsp3) is 0.320. The largest absolute Gasteiger partial charge is 0.344 e. The van der Waals surface area contributed by atoms with Crippen molar-refractivity contribution in [3.05, 3.63) is 91.0 Å². The van der Waals surface area contributed by atoms with Crippen LogP contribution >= 0.6 is 27.5 Å². The standard InChI is InChI=1S/C25H24BrClN4O3/c1-15(16-5-3-2-4-6-16)28-23(32)22-21-14-29(24(33)17-7-10-19(26)20(27)13-17)11-12-30(21)25(34)31(22)18-8-9-18/h2-7,10,13,15,18H,8-9,11-12,14H2,1H3,(H,28,32)/t15-/m1/s1. The van der Waals surface area contributed by atoms with E-state index in [0.29, 0.717) is 39.5 Å². The summed E-state index contributed by atoms with van der Waals surface area (Å²) >= 11 is 9.54. The second-order valence-corrected chi connectivity index (χ2v) is 10.1. The van der Waals surface area contributed by atoms with Crippen LogP contribution in [0.4, 0.5) is 0 Å². The molecule has 1 aliphatic heterocycles. The van der Waals surface area contributed by atoms with Gasteiger partial charge in [0.1, 0.15) is 5.69 Å². The summed E-state index contributed by atoms with van der Waals surface area (Å²) in [4.78, 5) is 41.6. The van der Waals surface area contributed by atoms with E-state index in [1.807, 2.05) is 37.3 Å². The molecule has 1 N–H and O–H groups in total. The number of nitrogens with zero attached hydrogens (tertiary/aromatic N) is 3. The summed E-state index contributed by atoms with van der Waals surface area (Å²) in [6, 6.07) is 14.6. The molecular weight excluding hydrogens is 520 g/mol. The van der Waals surface area contributed by atoms with Crippen molar-refractivity contribution in [2.45, 2.75) is 44.9 Å². The molecule has 1 atom stereocenters. The van der Waals surface area contributed by atoms with E-state index in [2.05, 4.69) is 21.2 Å². The van der Waals surface area contributed by atoms with Gasteiger partial charge in [-0.3, -0.25) is 18.7 Å². The van der Waals surface area contributed by atoms with Crippen molar-refractivity contribution in [3.8, 4) is 0 Å². The van der Waals surface area contributed by atoms with Crippen LogP contribution in [0.5, 0.6) is 0 Å². The van der Waals surface area contributed by atoms with E-state index < -0.39 is 0 Å². The Kier molecular flexibility index (Phi) is 6.12. The number of halogens is 2. The van der Waals surface area contributed by atoms with Crippen molar-refractivity contribution in [1.82, 2.24) is 19.4 Å². The number of nitrogens with one attached hydrogen (secondary N) is 1. The highest BCUT2D eigenvalue weighted by molar-refractivity contribution is 9.10. The molecule has 2 aliphatic rings. The van der Waals surface area contributed by atoms with Gasteiger partial charge < -0.3 is 10.2 Å². The second kappa shape index (κ2) is 9.07. The van der Waals surface area contributed by atoms with Gasteiger partial charge >= 0.3 is 5.69 Å². The first-order valence-corrected chi connectivity index (χ1v) is 12.5. The van der Waals surface area contributed by atoms with E-state index in [9.17, 15) is 14.4 Å². The number of carbonyl (C=O) groups is 2. The Balaban J connectivity index is 1.47. The van der Waals surface area contributed by atoms with Gasteiger partial charge in [-0.1, -0.05) is 41.9 Å². The van der Waals surface area contributed by atoms with Crippen LogP contribution in [0.25, 0.3) is 0 Å². The van der Waals surface area contributed by atoms with Gasteiger partial charge in [-0.15, -0.1) is 0 Å². The number of hydrogen-bond acceptors (Lipinski definition) is 3. The minimum Gasteiger partial charge on any atom is -0.344 e. The molecule has 7 nitrogen and oxygen atoms in total. The van der Waals surface area contributed by atoms with Crippen LogP contribution in [0.15, 0.2) is 57.8 Å². The fourth-order valence-corrected chi connectivity index (χ4v) is 4.89. The van der Waals surface area contributed by atoms with E-state index in [0.717, 1.165) is 18.4 Å². The number of carbonyl (C=O) groups excluding carboxylic acids is 2. The maximum atomic E-state index is 13.5. The minimum absolute atomic E-state index is 0.0350. The minimum atomic E-state index is -0.296. The van der Waals surface area contributed by atoms with Crippen LogP contribution in [-0.2, 0) is 13.1 Å². The Morgan fingerprint density at radius 1 is 1.12 bits per heavy atom. The lowest BCUT2D eigenvalue weighted by molar-refractivity contribution is 0.0706. The fourth-order valence-electron chi connectivity index (χ4n) is 4.47. The highest BCUT2D eigenvalue weighted by Gasteiger charge is 2.37. The van der Waals surface area contributed by atoms with Gasteiger partial charge in [-0.25, -0.2) is 4.79 Å². The average molecular weight is 544 g/mol. The molecule has 5 rings (SSSR count). The van der Waals surface area contributed by atoms with Gasteiger partial charge in [0, 0.05) is 29.2 Å². The average Bonchev–Trinajstić information content (AvgIpc) is 3.64. The van der Waals surface area contributed by atoms with Crippen molar-refractivity contribution in [2.24, 2.45) is 0 Å². The Labute approximate surface area is 210 Å². The molecule has 0 radical (unpaired) electrons. The number of amides is 2. The second-order valence-electron chi connectivity index (χ2n) is 8.79. The first-order chi connectivity index (χ1) is 16.3. The van der Waals surface area contributed by atoms with Crippen LogP contribution in [-0.4, -0.2) is 32.4 Å². The molecule has 0 bridgehead atoms. The molecular formula is C25H24BrClN4O3. The van der Waals surface area contributed by atoms with Crippen LogP contribution in [0, 0.1) is 0 Å². The van der Waals surface area contributed by atoms with Crippen LogP contribution in [0.3, 0.4) is 0 Å². The maximum absolute atomic E-state index is 13.5. The van der Waals surface area contributed by atoms with Gasteiger partial charge in [0.15, 0.2) is 0 Å². The van der Waals surface area contributed by atoms with E-state index in [-0.39, 0.29) is 36.1 Å². The first-order valence-electron chi connectivity index (χ1n) is 11.3. The normalized spacial score (nSPS) is 16.1. The van der Waals surface area contributed by atoms with Crippen LogP contribution in [0.1, 0.15) is 64.0 Å². The highest BCUT2D eigenvalue weighted by Crippen LogP contribution is 2.36.